The number of para-hydroxylation sites is 1. The van der Waals surface area contributed by atoms with E-state index in [-0.39, 0.29) is 6.61 Å². The Morgan fingerprint density at radius 1 is 1.04 bits per heavy atom. The van der Waals surface area contributed by atoms with Crippen molar-refractivity contribution in [1.29, 1.82) is 0 Å². The highest BCUT2D eigenvalue weighted by Gasteiger charge is 2.09. The van der Waals surface area contributed by atoms with Crippen molar-refractivity contribution in [3.63, 3.8) is 0 Å². The molecule has 0 spiro atoms. The fraction of sp³-hybridized carbons (Fsp3) is 0.125. The lowest BCUT2D eigenvalue weighted by Gasteiger charge is -2.08. The van der Waals surface area contributed by atoms with Crippen molar-refractivity contribution in [2.45, 2.75) is 0 Å². The van der Waals surface area contributed by atoms with Crippen LogP contribution in [0.4, 0.5) is 0 Å². The minimum atomic E-state index is -0.420. The molecule has 0 radical (unpaired) electrons. The number of nitrogens with zero attached hydrogens (tertiary/aromatic N) is 4. The van der Waals surface area contributed by atoms with Crippen LogP contribution in [-0.2, 0) is 4.74 Å². The molecule has 0 N–H and O–H groups in total. The number of esters is 1. The first-order valence-corrected chi connectivity index (χ1v) is 7.01. The van der Waals surface area contributed by atoms with Crippen molar-refractivity contribution in [1.82, 2.24) is 20.2 Å². The second-order valence-electron chi connectivity index (χ2n) is 4.60. The van der Waals surface area contributed by atoms with Crippen LogP contribution in [0.1, 0.15) is 10.4 Å². The zero-order chi connectivity index (χ0) is 15.9. The van der Waals surface area contributed by atoms with Crippen LogP contribution < -0.4 is 4.74 Å². The summed E-state index contributed by atoms with van der Waals surface area (Å²) in [6, 6.07) is 16.2. The lowest BCUT2D eigenvalue weighted by atomic mass is 10.2. The van der Waals surface area contributed by atoms with E-state index < -0.39 is 5.97 Å². The van der Waals surface area contributed by atoms with Gasteiger partial charge in [0.05, 0.1) is 11.3 Å². The lowest BCUT2D eigenvalue weighted by Crippen LogP contribution is -2.12. The van der Waals surface area contributed by atoms with Gasteiger partial charge in [0.1, 0.15) is 25.3 Å². The zero-order valence-corrected chi connectivity index (χ0v) is 12.2. The Balaban J connectivity index is 1.53. The molecule has 23 heavy (non-hydrogen) atoms. The summed E-state index contributed by atoms with van der Waals surface area (Å²) in [5, 5.41) is 10.9. The van der Waals surface area contributed by atoms with E-state index in [4.69, 9.17) is 9.47 Å². The molecule has 3 aromatic rings. The number of ether oxygens (including phenoxy) is 2. The zero-order valence-electron chi connectivity index (χ0n) is 12.2. The van der Waals surface area contributed by atoms with E-state index in [1.807, 2.05) is 30.3 Å². The number of hydrogen-bond acceptors (Lipinski definition) is 6. The molecule has 0 unspecified atom stereocenters. The summed E-state index contributed by atoms with van der Waals surface area (Å²) in [6.07, 6.45) is 1.46. The Kier molecular flexibility index (Phi) is 4.58. The van der Waals surface area contributed by atoms with E-state index >= 15 is 0 Å². The molecule has 3 rings (SSSR count). The molecule has 0 saturated carbocycles. The van der Waals surface area contributed by atoms with Crippen LogP contribution in [0.25, 0.3) is 5.69 Å². The van der Waals surface area contributed by atoms with Gasteiger partial charge in [0.25, 0.3) is 0 Å². The highest BCUT2D eigenvalue weighted by Crippen LogP contribution is 2.11. The van der Waals surface area contributed by atoms with Crippen LogP contribution in [0, 0.1) is 0 Å². The Bertz CT molecular complexity index is 760. The molecule has 1 heterocycles. The van der Waals surface area contributed by atoms with Crippen LogP contribution in [-0.4, -0.2) is 39.4 Å². The largest absolute Gasteiger partial charge is 0.490 e. The van der Waals surface area contributed by atoms with Crippen LogP contribution in [0.2, 0.25) is 0 Å². The molecule has 0 saturated heterocycles. The highest BCUT2D eigenvalue weighted by atomic mass is 16.6. The normalized spacial score (nSPS) is 10.3. The standard InChI is InChI=1S/C16H14N4O3/c21-16(23-10-9-22-15-7-2-1-3-8-15)13-5-4-6-14(11-13)20-12-17-18-19-20/h1-8,11-12H,9-10H2. The van der Waals surface area contributed by atoms with Gasteiger partial charge in [-0.3, -0.25) is 0 Å². The van der Waals surface area contributed by atoms with Gasteiger partial charge >= 0.3 is 5.97 Å². The Labute approximate surface area is 132 Å². The van der Waals surface area contributed by atoms with Gasteiger partial charge in [0.2, 0.25) is 0 Å². The van der Waals surface area contributed by atoms with Crippen molar-refractivity contribution >= 4 is 5.97 Å². The minimum Gasteiger partial charge on any atom is -0.490 e. The molecule has 0 aliphatic carbocycles. The number of carbonyl (C=O) groups is 1. The third kappa shape index (κ3) is 3.91. The van der Waals surface area contributed by atoms with Crippen LogP contribution in [0.3, 0.4) is 0 Å². The summed E-state index contributed by atoms with van der Waals surface area (Å²) in [4.78, 5) is 12.0. The third-order valence-electron chi connectivity index (χ3n) is 3.02. The Morgan fingerprint density at radius 2 is 1.91 bits per heavy atom. The van der Waals surface area contributed by atoms with Gasteiger partial charge < -0.3 is 9.47 Å². The van der Waals surface area contributed by atoms with Gasteiger partial charge in [-0.05, 0) is 40.8 Å². The van der Waals surface area contributed by atoms with Crippen molar-refractivity contribution < 1.29 is 14.3 Å². The maximum Gasteiger partial charge on any atom is 0.338 e. The van der Waals surface area contributed by atoms with E-state index in [1.54, 1.807) is 24.3 Å². The number of carbonyl (C=O) groups excluding carboxylic acids is 1. The predicted molar refractivity (Wildman–Crippen MR) is 81.4 cm³/mol. The molecule has 0 atom stereocenters. The summed E-state index contributed by atoms with van der Waals surface area (Å²) >= 11 is 0. The molecule has 116 valence electrons. The molecular weight excluding hydrogens is 296 g/mol. The number of aromatic nitrogens is 4. The van der Waals surface area contributed by atoms with E-state index in [9.17, 15) is 4.79 Å². The first kappa shape index (κ1) is 14.7. The summed E-state index contributed by atoms with van der Waals surface area (Å²) in [5.74, 6) is 0.320. The lowest BCUT2D eigenvalue weighted by molar-refractivity contribution is 0.0450. The Morgan fingerprint density at radius 3 is 2.70 bits per heavy atom. The molecule has 0 bridgehead atoms. The maximum absolute atomic E-state index is 12.0. The van der Waals surface area contributed by atoms with Crippen LogP contribution in [0.15, 0.2) is 60.9 Å². The SMILES string of the molecule is O=C(OCCOc1ccccc1)c1cccc(-n2cnnn2)c1. The number of benzene rings is 2. The summed E-state index contributed by atoms with van der Waals surface area (Å²) in [6.45, 7) is 0.464. The molecule has 0 fully saturated rings. The van der Waals surface area contributed by atoms with Crippen LogP contribution in [0.5, 0.6) is 5.75 Å². The van der Waals surface area contributed by atoms with Gasteiger partial charge in [-0.25, -0.2) is 9.48 Å². The maximum atomic E-state index is 12.0. The summed E-state index contributed by atoms with van der Waals surface area (Å²) in [5.41, 5.74) is 1.11. The van der Waals surface area contributed by atoms with E-state index in [0.717, 1.165) is 5.75 Å². The number of tetrazole rings is 1. The van der Waals surface area contributed by atoms with Crippen LogP contribution >= 0.6 is 0 Å². The molecule has 7 heteroatoms. The summed E-state index contributed by atoms with van der Waals surface area (Å²) in [7, 11) is 0. The smallest absolute Gasteiger partial charge is 0.338 e. The van der Waals surface area contributed by atoms with Gasteiger partial charge in [-0.15, -0.1) is 5.10 Å². The quantitative estimate of drug-likeness (QED) is 0.511. The van der Waals surface area contributed by atoms with E-state index in [1.165, 1.54) is 11.0 Å². The fourth-order valence-electron chi connectivity index (χ4n) is 1.95. The molecular formula is C16H14N4O3. The molecule has 0 aliphatic rings. The van der Waals surface area contributed by atoms with Gasteiger partial charge in [0.15, 0.2) is 0 Å². The van der Waals surface area contributed by atoms with Crippen molar-refractivity contribution in [2.24, 2.45) is 0 Å². The first-order chi connectivity index (χ1) is 11.3. The Hall–Kier alpha value is -3.22. The van der Waals surface area contributed by atoms with E-state index in [2.05, 4.69) is 15.5 Å². The molecule has 0 aliphatic heterocycles. The van der Waals surface area contributed by atoms with Gasteiger partial charge in [0, 0.05) is 0 Å². The molecule has 7 nitrogen and oxygen atoms in total. The van der Waals surface area contributed by atoms with Crippen molar-refractivity contribution in [3.8, 4) is 11.4 Å². The highest BCUT2D eigenvalue weighted by molar-refractivity contribution is 5.90. The average molecular weight is 310 g/mol. The fourth-order valence-corrected chi connectivity index (χ4v) is 1.95. The molecule has 2 aromatic carbocycles. The number of hydrogen-bond donors (Lipinski definition) is 0. The monoisotopic (exact) mass is 310 g/mol. The molecule has 0 amide bonds. The topological polar surface area (TPSA) is 79.1 Å². The second-order valence-corrected chi connectivity index (χ2v) is 4.60. The molecule has 1 aromatic heterocycles. The van der Waals surface area contributed by atoms with Gasteiger partial charge in [-0.2, -0.15) is 0 Å². The van der Waals surface area contributed by atoms with Crippen molar-refractivity contribution in [2.75, 3.05) is 13.2 Å². The second kappa shape index (κ2) is 7.17. The average Bonchev–Trinajstić information content (AvgIpc) is 3.14. The van der Waals surface area contributed by atoms with Gasteiger partial charge in [-0.1, -0.05) is 24.3 Å². The third-order valence-corrected chi connectivity index (χ3v) is 3.02. The number of rotatable bonds is 6. The first-order valence-electron chi connectivity index (χ1n) is 7.01. The predicted octanol–water partition coefficient (Wildman–Crippen LogP) is 1.90. The summed E-state index contributed by atoms with van der Waals surface area (Å²) < 4.78 is 12.1. The minimum absolute atomic E-state index is 0.169. The van der Waals surface area contributed by atoms with Crippen molar-refractivity contribution in [3.05, 3.63) is 66.5 Å². The van der Waals surface area contributed by atoms with E-state index in [0.29, 0.717) is 17.9 Å².